The number of nitrogens with zero attached hydrogens (tertiary/aromatic N) is 2. The number of methoxy groups -OCH3 is 1. The Morgan fingerprint density at radius 1 is 1.03 bits per heavy atom. The summed E-state index contributed by atoms with van der Waals surface area (Å²) in [6.07, 6.45) is 4.01. The molecule has 0 aliphatic heterocycles. The van der Waals surface area contributed by atoms with Gasteiger partial charge in [0, 0.05) is 12.4 Å². The van der Waals surface area contributed by atoms with Crippen molar-refractivity contribution in [1.29, 1.82) is 0 Å². The van der Waals surface area contributed by atoms with Crippen LogP contribution in [0.4, 0.5) is 4.79 Å². The van der Waals surface area contributed by atoms with Crippen molar-refractivity contribution in [2.75, 3.05) is 7.11 Å². The molecule has 0 saturated heterocycles. The van der Waals surface area contributed by atoms with E-state index in [1.54, 1.807) is 25.4 Å². The van der Waals surface area contributed by atoms with Crippen LogP contribution in [0.3, 0.4) is 0 Å². The summed E-state index contributed by atoms with van der Waals surface area (Å²) in [5, 5.41) is 2.97. The van der Waals surface area contributed by atoms with Gasteiger partial charge in [-0.3, -0.25) is 9.29 Å². The number of imidazole rings is 1. The summed E-state index contributed by atoms with van der Waals surface area (Å²) in [5.74, 6) is 1.32. The first-order valence-corrected chi connectivity index (χ1v) is 12.0. The first kappa shape index (κ1) is 23.3. The molecule has 8 heteroatoms. The summed E-state index contributed by atoms with van der Waals surface area (Å²) in [6, 6.07) is 23.7. The third-order valence-electron chi connectivity index (χ3n) is 5.39. The molecule has 4 rings (SSSR count). The Morgan fingerprint density at radius 3 is 2.50 bits per heavy atom. The highest BCUT2D eigenvalue weighted by atomic mass is 32.2. The fourth-order valence-corrected chi connectivity index (χ4v) is 4.65. The molecule has 0 bridgehead atoms. The molecule has 1 aromatic heterocycles. The molecule has 0 saturated carbocycles. The Kier molecular flexibility index (Phi) is 7.39. The summed E-state index contributed by atoms with van der Waals surface area (Å²) in [5.41, 5.74) is 2.68. The number of hydrogen-bond acceptors (Lipinski definition) is 4. The van der Waals surface area contributed by atoms with Crippen molar-refractivity contribution in [1.82, 2.24) is 19.6 Å². The average molecular weight is 475 g/mol. The summed E-state index contributed by atoms with van der Waals surface area (Å²) >= 11 is 0. The van der Waals surface area contributed by atoms with Crippen LogP contribution in [0.5, 0.6) is 5.75 Å². The highest BCUT2D eigenvalue weighted by Gasteiger charge is 2.23. The number of amides is 2. The van der Waals surface area contributed by atoms with Gasteiger partial charge >= 0.3 is 6.03 Å². The number of rotatable bonds is 8. The maximum absolute atomic E-state index is 12.9. The molecule has 34 heavy (non-hydrogen) atoms. The number of carbonyl (C=O) groups excluding carboxylic acids is 1. The van der Waals surface area contributed by atoms with E-state index in [9.17, 15) is 9.00 Å². The van der Waals surface area contributed by atoms with E-state index in [4.69, 9.17) is 4.74 Å². The summed E-state index contributed by atoms with van der Waals surface area (Å²) in [7, 11) is -0.0759. The van der Waals surface area contributed by atoms with Crippen LogP contribution >= 0.6 is 0 Å². The zero-order valence-electron chi connectivity index (χ0n) is 19.0. The molecule has 1 heterocycles. The zero-order chi connectivity index (χ0) is 23.9. The Hall–Kier alpha value is -3.91. The van der Waals surface area contributed by atoms with E-state index in [0.29, 0.717) is 22.9 Å². The van der Waals surface area contributed by atoms with Gasteiger partial charge in [0.2, 0.25) is 0 Å². The molecule has 2 atom stereocenters. The largest absolute Gasteiger partial charge is 0.495 e. The number of aryl methyl sites for hydroxylation is 1. The number of hydrogen-bond donors (Lipinski definition) is 2. The third kappa shape index (κ3) is 5.35. The standard InChI is InChI=1S/C26H26N4O3S/c1-19-10-6-9-15-24(19)34(32)29-26(31)28-21(18-20-11-4-3-5-12-20)25-27-16-17-30(25)22-13-7-8-14-23(22)33-2/h3-17,21H,18H2,1-2H3,(H2,28,29,31). The van der Waals surface area contributed by atoms with Crippen molar-refractivity contribution < 1.29 is 13.7 Å². The second-order valence-corrected chi connectivity index (χ2v) is 8.86. The van der Waals surface area contributed by atoms with Crippen LogP contribution in [0.25, 0.3) is 5.69 Å². The number of nitrogens with one attached hydrogen (secondary N) is 2. The van der Waals surface area contributed by atoms with Gasteiger partial charge in [0.05, 0.1) is 23.7 Å². The van der Waals surface area contributed by atoms with Crippen molar-refractivity contribution >= 4 is 17.0 Å². The van der Waals surface area contributed by atoms with Gasteiger partial charge in [0.1, 0.15) is 11.6 Å². The highest BCUT2D eigenvalue weighted by Crippen LogP contribution is 2.27. The van der Waals surface area contributed by atoms with Gasteiger partial charge < -0.3 is 10.1 Å². The molecule has 0 spiro atoms. The van der Waals surface area contributed by atoms with Crippen molar-refractivity contribution in [3.8, 4) is 11.4 Å². The van der Waals surface area contributed by atoms with E-state index < -0.39 is 23.1 Å². The number of urea groups is 1. The van der Waals surface area contributed by atoms with Crippen LogP contribution in [0.15, 0.2) is 96.2 Å². The fraction of sp³-hybridized carbons (Fsp3) is 0.154. The van der Waals surface area contributed by atoms with E-state index >= 15 is 0 Å². The number of aromatic nitrogens is 2. The Morgan fingerprint density at radius 2 is 1.74 bits per heavy atom. The topological polar surface area (TPSA) is 85.2 Å². The van der Waals surface area contributed by atoms with E-state index in [2.05, 4.69) is 15.0 Å². The zero-order valence-corrected chi connectivity index (χ0v) is 19.8. The lowest BCUT2D eigenvalue weighted by atomic mass is 10.1. The first-order chi connectivity index (χ1) is 16.6. The molecule has 2 unspecified atom stereocenters. The number of carbonyl (C=O) groups is 1. The fourth-order valence-electron chi connectivity index (χ4n) is 3.75. The average Bonchev–Trinajstić information content (AvgIpc) is 3.34. The van der Waals surface area contributed by atoms with Gasteiger partial charge in [-0.1, -0.05) is 60.7 Å². The van der Waals surface area contributed by atoms with Crippen LogP contribution < -0.4 is 14.8 Å². The predicted molar refractivity (Wildman–Crippen MR) is 132 cm³/mol. The molecule has 7 nitrogen and oxygen atoms in total. The lowest BCUT2D eigenvalue weighted by molar-refractivity contribution is 0.241. The van der Waals surface area contributed by atoms with E-state index in [-0.39, 0.29) is 0 Å². The molecular formula is C26H26N4O3S. The lowest BCUT2D eigenvalue weighted by Gasteiger charge is -2.21. The van der Waals surface area contributed by atoms with Crippen molar-refractivity contribution in [2.45, 2.75) is 24.3 Å². The van der Waals surface area contributed by atoms with E-state index in [1.165, 1.54) is 0 Å². The van der Waals surface area contributed by atoms with Crippen molar-refractivity contribution in [3.63, 3.8) is 0 Å². The summed E-state index contributed by atoms with van der Waals surface area (Å²) in [6.45, 7) is 1.86. The molecule has 2 amide bonds. The van der Waals surface area contributed by atoms with Gasteiger partial charge in [-0.15, -0.1) is 0 Å². The molecule has 0 aliphatic carbocycles. The minimum absolute atomic E-state index is 0.490. The first-order valence-electron chi connectivity index (χ1n) is 10.8. The molecule has 2 N–H and O–H groups in total. The van der Waals surface area contributed by atoms with Gasteiger partial charge in [-0.25, -0.2) is 14.0 Å². The molecule has 0 aliphatic rings. The molecule has 0 fully saturated rings. The van der Waals surface area contributed by atoms with E-state index in [0.717, 1.165) is 16.8 Å². The quantitative estimate of drug-likeness (QED) is 0.394. The minimum atomic E-state index is -1.69. The van der Waals surface area contributed by atoms with Crippen LogP contribution in [0.1, 0.15) is 23.0 Å². The maximum Gasteiger partial charge on any atom is 0.327 e. The molecular weight excluding hydrogens is 448 g/mol. The Labute approximate surface area is 201 Å². The predicted octanol–water partition coefficient (Wildman–Crippen LogP) is 4.50. The third-order valence-corrected chi connectivity index (χ3v) is 6.62. The number of benzene rings is 3. The van der Waals surface area contributed by atoms with Crippen LogP contribution in [0.2, 0.25) is 0 Å². The SMILES string of the molecule is COc1ccccc1-n1ccnc1C(Cc1ccccc1)NC(=O)NS(=O)c1ccccc1C. The van der Waals surface area contributed by atoms with Crippen LogP contribution in [-0.4, -0.2) is 26.9 Å². The smallest absolute Gasteiger partial charge is 0.327 e. The van der Waals surface area contributed by atoms with E-state index in [1.807, 2.05) is 84.4 Å². The van der Waals surface area contributed by atoms with Crippen LogP contribution in [-0.2, 0) is 17.4 Å². The van der Waals surface area contributed by atoms with Crippen LogP contribution in [0, 0.1) is 6.92 Å². The maximum atomic E-state index is 12.9. The minimum Gasteiger partial charge on any atom is -0.495 e. The highest BCUT2D eigenvalue weighted by molar-refractivity contribution is 7.83. The van der Waals surface area contributed by atoms with Gasteiger partial charge in [-0.05, 0) is 42.7 Å². The van der Waals surface area contributed by atoms with Gasteiger partial charge in [-0.2, -0.15) is 0 Å². The van der Waals surface area contributed by atoms with Gasteiger partial charge in [0.25, 0.3) is 0 Å². The molecule has 0 radical (unpaired) electrons. The van der Waals surface area contributed by atoms with Gasteiger partial charge in [0.15, 0.2) is 11.0 Å². The Balaban J connectivity index is 1.62. The normalized spacial score (nSPS) is 12.5. The summed E-state index contributed by atoms with van der Waals surface area (Å²) < 4.78 is 22.8. The van der Waals surface area contributed by atoms with Crippen molar-refractivity contribution in [2.24, 2.45) is 0 Å². The second-order valence-electron chi connectivity index (χ2n) is 7.68. The molecule has 4 aromatic rings. The van der Waals surface area contributed by atoms with Crippen molar-refractivity contribution in [3.05, 3.63) is 108 Å². The number of para-hydroxylation sites is 2. The lowest BCUT2D eigenvalue weighted by Crippen LogP contribution is -2.40. The molecule has 3 aromatic carbocycles. The summed E-state index contributed by atoms with van der Waals surface area (Å²) in [4.78, 5) is 18.0. The molecule has 174 valence electrons. The number of ether oxygens (including phenoxy) is 1. The second kappa shape index (κ2) is 10.8. The monoisotopic (exact) mass is 474 g/mol. The Bertz CT molecular complexity index is 1290.